The van der Waals surface area contributed by atoms with Crippen LogP contribution >= 0.6 is 11.6 Å². The number of piperidine rings is 1. The molecule has 2 amide bonds. The van der Waals surface area contributed by atoms with Crippen molar-refractivity contribution >= 4 is 33.4 Å². The minimum Gasteiger partial charge on any atom is -0.482 e. The van der Waals surface area contributed by atoms with Gasteiger partial charge >= 0.3 is 0 Å². The van der Waals surface area contributed by atoms with Crippen LogP contribution in [0.1, 0.15) is 26.7 Å². The van der Waals surface area contributed by atoms with Crippen molar-refractivity contribution in [2.75, 3.05) is 26.7 Å². The fourth-order valence-corrected chi connectivity index (χ4v) is 4.68. The van der Waals surface area contributed by atoms with Crippen LogP contribution in [0.4, 0.5) is 0 Å². The Labute approximate surface area is 170 Å². The van der Waals surface area contributed by atoms with Crippen molar-refractivity contribution in [3.8, 4) is 5.75 Å². The molecule has 0 spiro atoms. The highest BCUT2D eigenvalue weighted by molar-refractivity contribution is 7.89. The lowest BCUT2D eigenvalue weighted by Gasteiger charge is -2.31. The lowest BCUT2D eigenvalue weighted by atomic mass is 9.97. The van der Waals surface area contributed by atoms with Crippen LogP contribution in [0.5, 0.6) is 5.75 Å². The minimum atomic E-state index is -3.73. The Balaban J connectivity index is 2.04. The van der Waals surface area contributed by atoms with E-state index in [0.717, 1.165) is 0 Å². The van der Waals surface area contributed by atoms with Crippen LogP contribution in [0.3, 0.4) is 0 Å². The second-order valence-electron chi connectivity index (χ2n) is 6.90. The van der Waals surface area contributed by atoms with E-state index in [1.54, 1.807) is 0 Å². The van der Waals surface area contributed by atoms with E-state index in [-0.39, 0.29) is 59.1 Å². The monoisotopic (exact) mass is 431 g/mol. The standard InChI is InChI=1S/C18H26ClN3O5S/c1-12(2)21-18(24)13-6-8-22(9-7-13)28(25,26)14-4-5-16(15(19)10-14)27-11-17(23)20-3/h4-5,10,12-13H,6-9,11H2,1-3H3,(H,20,23)(H,21,24). The molecule has 0 saturated carbocycles. The highest BCUT2D eigenvalue weighted by atomic mass is 35.5. The first-order valence-electron chi connectivity index (χ1n) is 9.08. The van der Waals surface area contributed by atoms with Gasteiger partial charge in [0.2, 0.25) is 15.9 Å². The molecule has 1 aliphatic heterocycles. The average Bonchev–Trinajstić information content (AvgIpc) is 2.66. The lowest BCUT2D eigenvalue weighted by molar-refractivity contribution is -0.126. The number of likely N-dealkylation sites (N-methyl/N-ethyl adjacent to an activating group) is 1. The number of benzene rings is 1. The Bertz CT molecular complexity index is 821. The Morgan fingerprint density at radius 3 is 2.46 bits per heavy atom. The molecule has 1 saturated heterocycles. The van der Waals surface area contributed by atoms with E-state index in [1.165, 1.54) is 29.6 Å². The molecule has 0 unspecified atom stereocenters. The van der Waals surface area contributed by atoms with Gasteiger partial charge < -0.3 is 15.4 Å². The molecule has 0 aromatic heterocycles. The Kier molecular flexibility index (Phi) is 7.68. The smallest absolute Gasteiger partial charge is 0.257 e. The molecular formula is C18H26ClN3O5S. The number of rotatable bonds is 7. The molecule has 156 valence electrons. The summed E-state index contributed by atoms with van der Waals surface area (Å²) in [5, 5.41) is 5.39. The second kappa shape index (κ2) is 9.58. The Morgan fingerprint density at radius 2 is 1.93 bits per heavy atom. The number of amides is 2. The number of nitrogens with zero attached hydrogens (tertiary/aromatic N) is 1. The number of sulfonamides is 1. The van der Waals surface area contributed by atoms with Crippen molar-refractivity contribution in [3.63, 3.8) is 0 Å². The van der Waals surface area contributed by atoms with E-state index in [9.17, 15) is 18.0 Å². The highest BCUT2D eigenvalue weighted by Gasteiger charge is 2.32. The van der Waals surface area contributed by atoms with Gasteiger partial charge in [-0.1, -0.05) is 11.6 Å². The zero-order valence-corrected chi connectivity index (χ0v) is 17.8. The van der Waals surface area contributed by atoms with E-state index < -0.39 is 10.0 Å². The molecule has 1 aromatic carbocycles. The van der Waals surface area contributed by atoms with Crippen LogP contribution in [0.15, 0.2) is 23.1 Å². The first-order valence-corrected chi connectivity index (χ1v) is 10.9. The molecule has 8 nitrogen and oxygen atoms in total. The SMILES string of the molecule is CNC(=O)COc1ccc(S(=O)(=O)N2CCC(C(=O)NC(C)C)CC2)cc1Cl. The van der Waals surface area contributed by atoms with E-state index in [1.807, 2.05) is 13.8 Å². The lowest BCUT2D eigenvalue weighted by Crippen LogP contribution is -2.44. The summed E-state index contributed by atoms with van der Waals surface area (Å²) in [6.45, 7) is 4.11. The maximum atomic E-state index is 12.9. The van der Waals surface area contributed by atoms with Crippen LogP contribution in [-0.2, 0) is 19.6 Å². The van der Waals surface area contributed by atoms with E-state index in [4.69, 9.17) is 16.3 Å². The van der Waals surface area contributed by atoms with Crippen molar-refractivity contribution in [2.45, 2.75) is 37.6 Å². The van der Waals surface area contributed by atoms with Crippen molar-refractivity contribution in [3.05, 3.63) is 23.2 Å². The number of ether oxygens (including phenoxy) is 1. The molecule has 1 fully saturated rings. The zero-order chi connectivity index (χ0) is 20.9. The topological polar surface area (TPSA) is 105 Å². The molecule has 28 heavy (non-hydrogen) atoms. The molecule has 1 heterocycles. The zero-order valence-electron chi connectivity index (χ0n) is 16.2. The molecule has 10 heteroatoms. The third kappa shape index (κ3) is 5.59. The van der Waals surface area contributed by atoms with Crippen LogP contribution in [0.2, 0.25) is 5.02 Å². The van der Waals surface area contributed by atoms with Gasteiger partial charge in [-0.2, -0.15) is 4.31 Å². The fraction of sp³-hybridized carbons (Fsp3) is 0.556. The number of carbonyl (C=O) groups excluding carboxylic acids is 2. The van der Waals surface area contributed by atoms with Gasteiger partial charge in [-0.25, -0.2) is 8.42 Å². The van der Waals surface area contributed by atoms with Gasteiger partial charge in [0.1, 0.15) is 5.75 Å². The first kappa shape index (κ1) is 22.4. The van der Waals surface area contributed by atoms with Gasteiger partial charge in [0, 0.05) is 32.1 Å². The van der Waals surface area contributed by atoms with Crippen LogP contribution < -0.4 is 15.4 Å². The number of hydrogen-bond donors (Lipinski definition) is 2. The minimum absolute atomic E-state index is 0.0345. The van der Waals surface area contributed by atoms with E-state index >= 15 is 0 Å². The summed E-state index contributed by atoms with van der Waals surface area (Å²) in [6, 6.07) is 4.20. The van der Waals surface area contributed by atoms with Crippen molar-refractivity contribution in [2.24, 2.45) is 5.92 Å². The third-order valence-corrected chi connectivity index (χ3v) is 6.62. The quantitative estimate of drug-likeness (QED) is 0.678. The maximum Gasteiger partial charge on any atom is 0.257 e. The maximum absolute atomic E-state index is 12.9. The van der Waals surface area contributed by atoms with E-state index in [2.05, 4.69) is 10.6 Å². The predicted octanol–water partition coefficient (Wildman–Crippen LogP) is 1.39. The van der Waals surface area contributed by atoms with Crippen molar-refractivity contribution in [1.29, 1.82) is 0 Å². The highest BCUT2D eigenvalue weighted by Crippen LogP contribution is 2.30. The van der Waals surface area contributed by atoms with Gasteiger partial charge in [-0.05, 0) is 44.9 Å². The largest absolute Gasteiger partial charge is 0.482 e. The first-order chi connectivity index (χ1) is 13.1. The van der Waals surface area contributed by atoms with Crippen LogP contribution in [0, 0.1) is 5.92 Å². The summed E-state index contributed by atoms with van der Waals surface area (Å²) in [5.74, 6) is -0.309. The molecule has 0 aliphatic carbocycles. The average molecular weight is 432 g/mol. The van der Waals surface area contributed by atoms with Crippen molar-refractivity contribution in [1.82, 2.24) is 14.9 Å². The number of nitrogens with one attached hydrogen (secondary N) is 2. The van der Waals surface area contributed by atoms with Gasteiger partial charge in [0.15, 0.2) is 6.61 Å². The van der Waals surface area contributed by atoms with Crippen LogP contribution in [0.25, 0.3) is 0 Å². The Hall–Kier alpha value is -1.84. The van der Waals surface area contributed by atoms with Gasteiger partial charge in [0.05, 0.1) is 9.92 Å². The summed E-state index contributed by atoms with van der Waals surface area (Å²) in [5.41, 5.74) is 0. The number of carbonyl (C=O) groups is 2. The molecule has 2 N–H and O–H groups in total. The van der Waals surface area contributed by atoms with Crippen molar-refractivity contribution < 1.29 is 22.7 Å². The van der Waals surface area contributed by atoms with Gasteiger partial charge in [-0.15, -0.1) is 0 Å². The summed E-state index contributed by atoms with van der Waals surface area (Å²) in [7, 11) is -2.24. The van der Waals surface area contributed by atoms with Gasteiger partial charge in [-0.3, -0.25) is 9.59 Å². The van der Waals surface area contributed by atoms with Gasteiger partial charge in [0.25, 0.3) is 5.91 Å². The molecule has 0 bridgehead atoms. The summed E-state index contributed by atoms with van der Waals surface area (Å²) in [6.07, 6.45) is 0.942. The summed E-state index contributed by atoms with van der Waals surface area (Å²) < 4.78 is 32.4. The molecule has 0 radical (unpaired) electrons. The van der Waals surface area contributed by atoms with E-state index in [0.29, 0.717) is 12.8 Å². The third-order valence-electron chi connectivity index (χ3n) is 4.43. The molecule has 1 aromatic rings. The van der Waals surface area contributed by atoms with Crippen LogP contribution in [-0.4, -0.2) is 57.3 Å². The summed E-state index contributed by atoms with van der Waals surface area (Å²) in [4.78, 5) is 23.4. The normalized spacial score (nSPS) is 16.0. The number of halogens is 1. The molecule has 0 atom stereocenters. The molecular weight excluding hydrogens is 406 g/mol. The fourth-order valence-electron chi connectivity index (χ4n) is 2.88. The Morgan fingerprint density at radius 1 is 1.29 bits per heavy atom. The summed E-state index contributed by atoms with van der Waals surface area (Å²) >= 11 is 6.12. The number of hydrogen-bond acceptors (Lipinski definition) is 5. The second-order valence-corrected chi connectivity index (χ2v) is 9.24. The molecule has 1 aliphatic rings. The predicted molar refractivity (Wildman–Crippen MR) is 106 cm³/mol. The molecule has 2 rings (SSSR count).